The Morgan fingerprint density at radius 1 is 0.957 bits per heavy atom. The summed E-state index contributed by atoms with van der Waals surface area (Å²) in [5.41, 5.74) is 2.30. The average molecular weight is 330 g/mol. The van der Waals surface area contributed by atoms with Crippen molar-refractivity contribution in [2.24, 2.45) is 10.5 Å². The summed E-state index contributed by atoms with van der Waals surface area (Å²) in [4.78, 5) is 2.56. The zero-order valence-corrected chi connectivity index (χ0v) is 14.7. The van der Waals surface area contributed by atoms with Crippen molar-refractivity contribution in [3.8, 4) is 0 Å². The lowest BCUT2D eigenvalue weighted by atomic mass is 9.86. The van der Waals surface area contributed by atoms with Crippen molar-refractivity contribution in [1.82, 2.24) is 4.83 Å². The van der Waals surface area contributed by atoms with E-state index in [4.69, 9.17) is 0 Å². The quantitative estimate of drug-likeness (QED) is 0.686. The van der Waals surface area contributed by atoms with Gasteiger partial charge in [0.15, 0.2) is 0 Å². The van der Waals surface area contributed by atoms with Crippen molar-refractivity contribution in [3.05, 3.63) is 65.7 Å². The molecule has 122 valence electrons. The molecule has 5 heteroatoms. The molecule has 0 spiro atoms. The predicted octanol–water partition coefficient (Wildman–Crippen LogP) is 3.72. The first-order valence-corrected chi connectivity index (χ1v) is 8.90. The monoisotopic (exact) mass is 330 g/mol. The van der Waals surface area contributed by atoms with Gasteiger partial charge in [-0.05, 0) is 24.6 Å². The van der Waals surface area contributed by atoms with Crippen molar-refractivity contribution in [1.29, 1.82) is 0 Å². The Hall–Kier alpha value is -2.14. The van der Waals surface area contributed by atoms with Gasteiger partial charge in [-0.3, -0.25) is 0 Å². The lowest BCUT2D eigenvalue weighted by Gasteiger charge is -2.21. The first-order chi connectivity index (χ1) is 10.7. The molecule has 0 heterocycles. The highest BCUT2D eigenvalue weighted by atomic mass is 32.2. The number of hydrogen-bond acceptors (Lipinski definition) is 3. The molecule has 0 aliphatic rings. The van der Waals surface area contributed by atoms with Gasteiger partial charge in [0.05, 0.1) is 10.6 Å². The SMILES string of the molecule is Cc1ccc(S(=O)(=O)NN=C(c2ccccc2)C(C)(C)C)cc1. The van der Waals surface area contributed by atoms with Crippen LogP contribution in [0.3, 0.4) is 0 Å². The number of aryl methyl sites for hydroxylation is 1. The van der Waals surface area contributed by atoms with Crippen LogP contribution in [-0.2, 0) is 10.0 Å². The van der Waals surface area contributed by atoms with E-state index in [0.717, 1.165) is 11.1 Å². The van der Waals surface area contributed by atoms with Crippen LogP contribution in [0, 0.1) is 12.3 Å². The number of rotatable bonds is 4. The maximum absolute atomic E-state index is 12.4. The molecule has 0 aromatic heterocycles. The molecule has 2 aromatic carbocycles. The second-order valence-corrected chi connectivity index (χ2v) is 8.15. The van der Waals surface area contributed by atoms with Gasteiger partial charge in [0.1, 0.15) is 0 Å². The van der Waals surface area contributed by atoms with E-state index < -0.39 is 10.0 Å². The Balaban J connectivity index is 2.36. The average Bonchev–Trinajstić information content (AvgIpc) is 2.47. The van der Waals surface area contributed by atoms with Crippen molar-refractivity contribution >= 4 is 15.7 Å². The van der Waals surface area contributed by atoms with Crippen LogP contribution in [0.25, 0.3) is 0 Å². The maximum Gasteiger partial charge on any atom is 0.276 e. The summed E-state index contributed by atoms with van der Waals surface area (Å²) in [6, 6.07) is 16.3. The summed E-state index contributed by atoms with van der Waals surface area (Å²) >= 11 is 0. The Morgan fingerprint density at radius 2 is 1.52 bits per heavy atom. The molecule has 0 amide bonds. The van der Waals surface area contributed by atoms with E-state index in [1.54, 1.807) is 24.3 Å². The van der Waals surface area contributed by atoms with Gasteiger partial charge in [-0.15, -0.1) is 0 Å². The molecule has 0 atom stereocenters. The minimum absolute atomic E-state index is 0.202. The lowest BCUT2D eigenvalue weighted by Crippen LogP contribution is -2.27. The number of benzene rings is 2. The van der Waals surface area contributed by atoms with E-state index in [1.165, 1.54) is 0 Å². The van der Waals surface area contributed by atoms with Crippen molar-refractivity contribution < 1.29 is 8.42 Å². The van der Waals surface area contributed by atoms with Gasteiger partial charge in [-0.25, -0.2) is 0 Å². The van der Waals surface area contributed by atoms with E-state index in [0.29, 0.717) is 5.71 Å². The molecule has 0 unspecified atom stereocenters. The van der Waals surface area contributed by atoms with Gasteiger partial charge in [0.2, 0.25) is 0 Å². The van der Waals surface area contributed by atoms with E-state index in [9.17, 15) is 8.42 Å². The molecule has 0 aliphatic carbocycles. The summed E-state index contributed by atoms with van der Waals surface area (Å²) in [5, 5.41) is 4.21. The van der Waals surface area contributed by atoms with Gasteiger partial charge in [-0.2, -0.15) is 18.4 Å². The number of sulfonamides is 1. The van der Waals surface area contributed by atoms with Gasteiger partial charge in [0.25, 0.3) is 10.0 Å². The molecule has 1 N–H and O–H groups in total. The molecular weight excluding hydrogens is 308 g/mol. The fourth-order valence-electron chi connectivity index (χ4n) is 2.14. The Labute approximate surface area is 138 Å². The highest BCUT2D eigenvalue weighted by Crippen LogP contribution is 2.22. The summed E-state index contributed by atoms with van der Waals surface area (Å²) < 4.78 is 24.8. The normalized spacial score (nSPS) is 13.0. The first-order valence-electron chi connectivity index (χ1n) is 7.42. The zero-order chi connectivity index (χ0) is 17.1. The molecule has 0 radical (unpaired) electrons. The van der Waals surface area contributed by atoms with E-state index >= 15 is 0 Å². The third-order valence-corrected chi connectivity index (χ3v) is 4.59. The van der Waals surface area contributed by atoms with Crippen molar-refractivity contribution in [3.63, 3.8) is 0 Å². The minimum atomic E-state index is -3.68. The Morgan fingerprint density at radius 3 is 2.04 bits per heavy atom. The molecule has 0 saturated heterocycles. The van der Waals surface area contributed by atoms with Gasteiger partial charge < -0.3 is 0 Å². The zero-order valence-electron chi connectivity index (χ0n) is 13.9. The molecule has 0 aliphatic heterocycles. The third-order valence-electron chi connectivity index (χ3n) is 3.37. The number of hydrazone groups is 1. The number of nitrogens with one attached hydrogen (secondary N) is 1. The third kappa shape index (κ3) is 4.42. The van der Waals surface area contributed by atoms with Crippen LogP contribution in [0.2, 0.25) is 0 Å². The topological polar surface area (TPSA) is 58.5 Å². The molecule has 0 fully saturated rings. The van der Waals surface area contributed by atoms with Crippen molar-refractivity contribution in [2.75, 3.05) is 0 Å². The maximum atomic E-state index is 12.4. The molecule has 0 bridgehead atoms. The van der Waals surface area contributed by atoms with E-state index in [2.05, 4.69) is 9.93 Å². The molecule has 2 aromatic rings. The molecule has 2 rings (SSSR count). The van der Waals surface area contributed by atoms with Crippen LogP contribution in [0.1, 0.15) is 31.9 Å². The fourth-order valence-corrected chi connectivity index (χ4v) is 2.95. The molecular formula is C18H22N2O2S. The van der Waals surface area contributed by atoms with Crippen molar-refractivity contribution in [2.45, 2.75) is 32.6 Å². The smallest absolute Gasteiger partial charge is 0.200 e. The van der Waals surface area contributed by atoms with Gasteiger partial charge in [0, 0.05) is 5.41 Å². The first kappa shape index (κ1) is 17.2. The highest BCUT2D eigenvalue weighted by molar-refractivity contribution is 7.89. The fraction of sp³-hybridized carbons (Fsp3) is 0.278. The Kier molecular flexibility index (Phi) is 4.90. The molecule has 23 heavy (non-hydrogen) atoms. The minimum Gasteiger partial charge on any atom is -0.200 e. The largest absolute Gasteiger partial charge is 0.276 e. The van der Waals surface area contributed by atoms with Crippen LogP contribution >= 0.6 is 0 Å². The summed E-state index contributed by atoms with van der Waals surface area (Å²) in [6.07, 6.45) is 0. The molecule has 4 nitrogen and oxygen atoms in total. The summed E-state index contributed by atoms with van der Waals surface area (Å²) in [5.74, 6) is 0. The van der Waals surface area contributed by atoms with E-state index in [1.807, 2.05) is 58.0 Å². The number of hydrogen-bond donors (Lipinski definition) is 1. The van der Waals surface area contributed by atoms with Crippen LogP contribution in [0.5, 0.6) is 0 Å². The number of nitrogens with zero attached hydrogens (tertiary/aromatic N) is 1. The second kappa shape index (κ2) is 6.54. The van der Waals surface area contributed by atoms with Crippen LogP contribution in [0.15, 0.2) is 64.6 Å². The van der Waals surface area contributed by atoms with Gasteiger partial charge >= 0.3 is 0 Å². The van der Waals surface area contributed by atoms with Crippen LogP contribution < -0.4 is 4.83 Å². The standard InChI is InChI=1S/C18H22N2O2S/c1-14-10-12-16(13-11-14)23(21,22)20-19-17(18(2,3)4)15-8-6-5-7-9-15/h5-13,20H,1-4H3. The van der Waals surface area contributed by atoms with Crippen LogP contribution in [0.4, 0.5) is 0 Å². The van der Waals surface area contributed by atoms with Crippen LogP contribution in [-0.4, -0.2) is 14.1 Å². The second-order valence-electron chi connectivity index (χ2n) is 6.48. The van der Waals surface area contributed by atoms with Gasteiger partial charge in [-0.1, -0.05) is 68.8 Å². The highest BCUT2D eigenvalue weighted by Gasteiger charge is 2.22. The Bertz CT molecular complexity index is 787. The summed E-state index contributed by atoms with van der Waals surface area (Å²) in [6.45, 7) is 7.91. The summed E-state index contributed by atoms with van der Waals surface area (Å²) in [7, 11) is -3.68. The molecule has 0 saturated carbocycles. The lowest BCUT2D eigenvalue weighted by molar-refractivity contribution is 0.574. The van der Waals surface area contributed by atoms with E-state index in [-0.39, 0.29) is 10.3 Å². The predicted molar refractivity (Wildman–Crippen MR) is 93.9 cm³/mol.